The molecule has 3 aromatic rings. The number of piperidine rings is 1. The van der Waals surface area contributed by atoms with Gasteiger partial charge in [0.05, 0.1) is 12.3 Å². The molecule has 27 heavy (non-hydrogen) atoms. The van der Waals surface area contributed by atoms with Crippen molar-refractivity contribution in [1.29, 1.82) is 0 Å². The van der Waals surface area contributed by atoms with E-state index in [1.807, 2.05) is 6.07 Å². The Morgan fingerprint density at radius 2 is 1.93 bits per heavy atom. The minimum atomic E-state index is -4.75. The van der Waals surface area contributed by atoms with Gasteiger partial charge in [0, 0.05) is 24.8 Å². The van der Waals surface area contributed by atoms with Crippen LogP contribution in [-0.2, 0) is 0 Å². The lowest BCUT2D eigenvalue weighted by Gasteiger charge is -2.31. The predicted octanol–water partition coefficient (Wildman–Crippen LogP) is 3.26. The van der Waals surface area contributed by atoms with Crippen LogP contribution in [0.3, 0.4) is 0 Å². The van der Waals surface area contributed by atoms with Crippen molar-refractivity contribution >= 4 is 11.5 Å². The van der Waals surface area contributed by atoms with Crippen LogP contribution in [0.2, 0.25) is 0 Å². The van der Waals surface area contributed by atoms with Gasteiger partial charge >= 0.3 is 6.36 Å². The van der Waals surface area contributed by atoms with Crippen LogP contribution in [0, 0.1) is 0 Å². The molecule has 0 aliphatic carbocycles. The maximum atomic E-state index is 12.5. The summed E-state index contributed by atoms with van der Waals surface area (Å²) in [4.78, 5) is 6.47. The maximum Gasteiger partial charge on any atom is 0.573 e. The van der Waals surface area contributed by atoms with E-state index in [9.17, 15) is 18.3 Å². The van der Waals surface area contributed by atoms with Gasteiger partial charge in [0.25, 0.3) is 0 Å². The number of ether oxygens (including phenoxy) is 1. The van der Waals surface area contributed by atoms with E-state index in [4.69, 9.17) is 0 Å². The Morgan fingerprint density at radius 1 is 1.15 bits per heavy atom. The van der Waals surface area contributed by atoms with Crippen LogP contribution in [-0.4, -0.2) is 45.3 Å². The van der Waals surface area contributed by atoms with Crippen molar-refractivity contribution < 1.29 is 23.0 Å². The molecule has 1 aliphatic rings. The minimum Gasteiger partial charge on any atom is -0.406 e. The minimum absolute atomic E-state index is 0.289. The molecule has 1 saturated heterocycles. The summed E-state index contributed by atoms with van der Waals surface area (Å²) in [6.07, 6.45) is -0.454. The molecule has 1 fully saturated rings. The molecule has 0 spiro atoms. The number of alkyl halides is 3. The fraction of sp³-hybridized carbons (Fsp3) is 0.333. The highest BCUT2D eigenvalue weighted by atomic mass is 19.4. The van der Waals surface area contributed by atoms with Gasteiger partial charge in [0.1, 0.15) is 11.6 Å². The zero-order chi connectivity index (χ0) is 19.0. The molecule has 3 heterocycles. The van der Waals surface area contributed by atoms with Crippen LogP contribution in [0.1, 0.15) is 12.8 Å². The third kappa shape index (κ3) is 3.68. The number of benzene rings is 1. The van der Waals surface area contributed by atoms with E-state index < -0.39 is 6.36 Å². The Balaban J connectivity index is 1.70. The highest BCUT2D eigenvalue weighted by Gasteiger charge is 2.31. The summed E-state index contributed by atoms with van der Waals surface area (Å²) in [7, 11) is 0. The number of aliphatic hydroxyl groups excluding tert-OH is 1. The summed E-state index contributed by atoms with van der Waals surface area (Å²) < 4.78 is 43.1. The average Bonchev–Trinajstić information content (AvgIpc) is 3.05. The fourth-order valence-electron chi connectivity index (χ4n) is 3.28. The van der Waals surface area contributed by atoms with Crippen molar-refractivity contribution in [3.8, 4) is 16.9 Å². The zero-order valence-corrected chi connectivity index (χ0v) is 14.2. The summed E-state index contributed by atoms with van der Waals surface area (Å²) in [6.45, 7) is 1.40. The molecule has 0 atom stereocenters. The first-order chi connectivity index (χ1) is 12.9. The van der Waals surface area contributed by atoms with Crippen molar-refractivity contribution in [2.45, 2.75) is 25.3 Å². The number of anilines is 1. The summed E-state index contributed by atoms with van der Waals surface area (Å²) >= 11 is 0. The summed E-state index contributed by atoms with van der Waals surface area (Å²) in [5.74, 6) is 0.543. The molecule has 0 amide bonds. The van der Waals surface area contributed by atoms with Gasteiger partial charge in [0.2, 0.25) is 0 Å². The first-order valence-corrected chi connectivity index (χ1v) is 8.53. The zero-order valence-electron chi connectivity index (χ0n) is 14.2. The fourth-order valence-corrected chi connectivity index (χ4v) is 3.28. The molecular weight excluding hydrogens is 361 g/mol. The molecule has 0 saturated carbocycles. The Kier molecular flexibility index (Phi) is 4.39. The van der Waals surface area contributed by atoms with Gasteiger partial charge in [-0.3, -0.25) is 0 Å². The van der Waals surface area contributed by atoms with Crippen molar-refractivity contribution in [1.82, 2.24) is 14.6 Å². The molecular formula is C18H17F3N4O2. The van der Waals surface area contributed by atoms with Gasteiger partial charge in [0.15, 0.2) is 5.65 Å². The van der Waals surface area contributed by atoms with Crippen LogP contribution >= 0.6 is 0 Å². The molecule has 1 aromatic carbocycles. The molecule has 142 valence electrons. The lowest BCUT2D eigenvalue weighted by atomic mass is 10.1. The summed E-state index contributed by atoms with van der Waals surface area (Å²) in [5.41, 5.74) is 1.69. The molecule has 9 heteroatoms. The number of rotatable bonds is 3. The third-order valence-electron chi connectivity index (χ3n) is 4.55. The van der Waals surface area contributed by atoms with Gasteiger partial charge in [-0.1, -0.05) is 12.1 Å². The van der Waals surface area contributed by atoms with E-state index >= 15 is 0 Å². The van der Waals surface area contributed by atoms with E-state index in [1.54, 1.807) is 23.0 Å². The smallest absolute Gasteiger partial charge is 0.406 e. The lowest BCUT2D eigenvalue weighted by molar-refractivity contribution is -0.274. The first kappa shape index (κ1) is 17.6. The van der Waals surface area contributed by atoms with Gasteiger partial charge in [-0.25, -0.2) is 4.98 Å². The van der Waals surface area contributed by atoms with E-state index in [0.717, 1.165) is 5.82 Å². The predicted molar refractivity (Wildman–Crippen MR) is 92.6 cm³/mol. The third-order valence-corrected chi connectivity index (χ3v) is 4.55. The van der Waals surface area contributed by atoms with E-state index in [2.05, 4.69) is 19.7 Å². The Morgan fingerprint density at radius 3 is 2.67 bits per heavy atom. The molecule has 0 radical (unpaired) electrons. The summed E-state index contributed by atoms with van der Waals surface area (Å²) in [5, 5.41) is 14.1. The van der Waals surface area contributed by atoms with Crippen LogP contribution in [0.5, 0.6) is 5.75 Å². The van der Waals surface area contributed by atoms with Crippen molar-refractivity contribution in [2.75, 3.05) is 18.0 Å². The number of hydrogen-bond acceptors (Lipinski definition) is 5. The first-order valence-electron chi connectivity index (χ1n) is 8.53. The Bertz CT molecular complexity index is 949. The molecule has 2 aromatic heterocycles. The van der Waals surface area contributed by atoms with Gasteiger partial charge < -0.3 is 14.7 Å². The van der Waals surface area contributed by atoms with Crippen LogP contribution < -0.4 is 9.64 Å². The Labute approximate surface area is 152 Å². The second-order valence-corrected chi connectivity index (χ2v) is 6.39. The highest BCUT2D eigenvalue weighted by Crippen LogP contribution is 2.31. The highest BCUT2D eigenvalue weighted by molar-refractivity contribution is 5.78. The summed E-state index contributed by atoms with van der Waals surface area (Å²) in [6, 6.07) is 7.59. The van der Waals surface area contributed by atoms with Crippen LogP contribution in [0.15, 0.2) is 42.7 Å². The van der Waals surface area contributed by atoms with Crippen LogP contribution in [0.4, 0.5) is 19.0 Å². The number of nitrogens with zero attached hydrogens (tertiary/aromatic N) is 4. The van der Waals surface area contributed by atoms with E-state index in [1.165, 1.54) is 18.2 Å². The monoisotopic (exact) mass is 378 g/mol. The van der Waals surface area contributed by atoms with E-state index in [0.29, 0.717) is 42.7 Å². The van der Waals surface area contributed by atoms with Crippen molar-refractivity contribution in [3.05, 3.63) is 42.7 Å². The van der Waals surface area contributed by atoms with Crippen LogP contribution in [0.25, 0.3) is 16.8 Å². The number of fused-ring (bicyclic) bond motifs is 1. The van der Waals surface area contributed by atoms with E-state index in [-0.39, 0.29) is 11.9 Å². The lowest BCUT2D eigenvalue weighted by Crippen LogP contribution is -2.36. The Hall–Kier alpha value is -2.81. The van der Waals surface area contributed by atoms with Gasteiger partial charge in [-0.05, 0) is 36.6 Å². The molecule has 1 aliphatic heterocycles. The molecule has 0 unspecified atom stereocenters. The molecule has 6 nitrogen and oxygen atoms in total. The maximum absolute atomic E-state index is 12.5. The van der Waals surface area contributed by atoms with Gasteiger partial charge in [-0.2, -0.15) is 9.61 Å². The molecule has 4 rings (SSSR count). The normalized spacial score (nSPS) is 16.1. The number of halogens is 3. The molecule has 0 bridgehead atoms. The van der Waals surface area contributed by atoms with Crippen molar-refractivity contribution in [2.24, 2.45) is 0 Å². The number of aliphatic hydroxyl groups is 1. The second kappa shape index (κ2) is 6.73. The topological polar surface area (TPSA) is 62.9 Å². The second-order valence-electron chi connectivity index (χ2n) is 6.39. The SMILES string of the molecule is OC1CCN(c2ccnc3c(-c4cccc(OC(F)(F)F)c4)cnn23)CC1. The number of aromatic nitrogens is 3. The standard InChI is InChI=1S/C18H17F3N4O2/c19-18(20,21)27-14-3-1-2-12(10-14)15-11-23-25-16(4-7-22-17(15)25)24-8-5-13(26)6-9-24/h1-4,7,10-11,13,26H,5-6,8-9H2. The van der Waals surface area contributed by atoms with Gasteiger partial charge in [-0.15, -0.1) is 13.2 Å². The molecule has 1 N–H and O–H groups in total. The quantitative estimate of drug-likeness (QED) is 0.758. The largest absolute Gasteiger partial charge is 0.573 e. The van der Waals surface area contributed by atoms with Crippen molar-refractivity contribution in [3.63, 3.8) is 0 Å². The average molecular weight is 378 g/mol. The number of hydrogen-bond donors (Lipinski definition) is 1.